The number of carbonyl (C=O) groups excluding carboxylic acids is 3. The summed E-state index contributed by atoms with van der Waals surface area (Å²) in [5, 5.41) is 0. The molecule has 6 nitrogen and oxygen atoms in total. The van der Waals surface area contributed by atoms with Gasteiger partial charge in [-0.25, -0.2) is 0 Å². The molecule has 0 unspecified atom stereocenters. The minimum atomic E-state index is -0.442. The molecule has 3 heterocycles. The van der Waals surface area contributed by atoms with E-state index >= 15 is 0 Å². The second kappa shape index (κ2) is 7.87. The molecule has 1 spiro atoms. The Balaban J connectivity index is 1.69. The monoisotopic (exact) mass is 373 g/mol. The van der Waals surface area contributed by atoms with Crippen LogP contribution in [-0.2, 0) is 16.6 Å². The maximum absolute atomic E-state index is 12.8. The Morgan fingerprint density at radius 1 is 1.22 bits per heavy atom. The van der Waals surface area contributed by atoms with Crippen molar-refractivity contribution in [1.82, 2.24) is 14.4 Å². The minimum absolute atomic E-state index is 0.0622. The van der Waals surface area contributed by atoms with Crippen molar-refractivity contribution in [3.8, 4) is 0 Å². The highest BCUT2D eigenvalue weighted by Crippen LogP contribution is 2.39. The van der Waals surface area contributed by atoms with E-state index in [0.29, 0.717) is 37.7 Å². The minimum Gasteiger partial charge on any atom is -0.348 e. The number of aromatic nitrogens is 1. The first-order chi connectivity index (χ1) is 12.8. The van der Waals surface area contributed by atoms with Crippen molar-refractivity contribution >= 4 is 17.6 Å². The van der Waals surface area contributed by atoms with Gasteiger partial charge in [0, 0.05) is 51.3 Å². The number of carbonyl (C=O) groups is 3. The molecule has 0 radical (unpaired) electrons. The predicted octanol–water partition coefficient (Wildman–Crippen LogP) is 2.49. The average Bonchev–Trinajstić information content (AvgIpc) is 3.07. The molecule has 2 saturated heterocycles. The van der Waals surface area contributed by atoms with E-state index in [0.717, 1.165) is 32.2 Å². The van der Waals surface area contributed by atoms with E-state index in [2.05, 4.69) is 13.8 Å². The molecule has 0 aliphatic carbocycles. The lowest BCUT2D eigenvalue weighted by molar-refractivity contribution is -0.141. The number of aryl methyl sites for hydroxylation is 1. The Morgan fingerprint density at radius 2 is 2.00 bits per heavy atom. The molecule has 27 heavy (non-hydrogen) atoms. The Kier molecular flexibility index (Phi) is 5.72. The summed E-state index contributed by atoms with van der Waals surface area (Å²) in [5.74, 6) is -0.0720. The summed E-state index contributed by atoms with van der Waals surface area (Å²) in [6, 6.07) is 3.46. The van der Waals surface area contributed by atoms with Crippen LogP contribution in [-0.4, -0.2) is 58.1 Å². The number of Topliss-reactive ketones (excluding diaryl/α,β-unsaturated/α-hetero) is 1. The van der Waals surface area contributed by atoms with Crippen LogP contribution in [0, 0.1) is 11.3 Å². The Morgan fingerprint density at radius 3 is 2.67 bits per heavy atom. The van der Waals surface area contributed by atoms with Crippen molar-refractivity contribution in [3.05, 3.63) is 24.0 Å². The fourth-order valence-corrected chi connectivity index (χ4v) is 4.38. The van der Waals surface area contributed by atoms with E-state index in [1.54, 1.807) is 34.8 Å². The van der Waals surface area contributed by atoms with Crippen LogP contribution in [0.25, 0.3) is 0 Å². The molecular weight excluding hydrogens is 342 g/mol. The average molecular weight is 373 g/mol. The van der Waals surface area contributed by atoms with Gasteiger partial charge < -0.3 is 14.4 Å². The molecule has 2 aliphatic rings. The summed E-state index contributed by atoms with van der Waals surface area (Å²) in [7, 11) is 1.78. The summed E-state index contributed by atoms with van der Waals surface area (Å²) >= 11 is 0. The fourth-order valence-electron chi connectivity index (χ4n) is 4.38. The lowest BCUT2D eigenvalue weighted by Gasteiger charge is -2.48. The second-order valence-electron chi connectivity index (χ2n) is 8.66. The normalized spacial score (nSPS) is 23.3. The quantitative estimate of drug-likeness (QED) is 0.588. The molecule has 0 aromatic carbocycles. The van der Waals surface area contributed by atoms with Crippen LogP contribution in [0.5, 0.6) is 0 Å². The first kappa shape index (κ1) is 19.6. The molecule has 2 fully saturated rings. The van der Waals surface area contributed by atoms with Gasteiger partial charge in [0.05, 0.1) is 5.69 Å². The van der Waals surface area contributed by atoms with E-state index in [4.69, 9.17) is 0 Å². The number of rotatable bonds is 5. The lowest BCUT2D eigenvalue weighted by Crippen LogP contribution is -2.56. The predicted molar refractivity (Wildman–Crippen MR) is 103 cm³/mol. The van der Waals surface area contributed by atoms with Gasteiger partial charge in [0.15, 0.2) is 0 Å². The van der Waals surface area contributed by atoms with Crippen molar-refractivity contribution in [2.75, 3.05) is 26.2 Å². The summed E-state index contributed by atoms with van der Waals surface area (Å²) in [6.45, 7) is 7.03. The van der Waals surface area contributed by atoms with Gasteiger partial charge in [-0.1, -0.05) is 13.8 Å². The highest BCUT2D eigenvalue weighted by Gasteiger charge is 2.43. The number of likely N-dealkylation sites (tertiary alicyclic amines) is 2. The number of piperidine rings is 2. The molecule has 3 rings (SSSR count). The summed E-state index contributed by atoms with van der Waals surface area (Å²) in [4.78, 5) is 41.5. The zero-order valence-corrected chi connectivity index (χ0v) is 16.7. The van der Waals surface area contributed by atoms with Crippen LogP contribution in [0.3, 0.4) is 0 Å². The van der Waals surface area contributed by atoms with E-state index in [1.165, 1.54) is 0 Å². The smallest absolute Gasteiger partial charge is 0.296 e. The van der Waals surface area contributed by atoms with Crippen molar-refractivity contribution in [2.24, 2.45) is 18.4 Å². The van der Waals surface area contributed by atoms with Gasteiger partial charge >= 0.3 is 0 Å². The topological polar surface area (TPSA) is 62.6 Å². The van der Waals surface area contributed by atoms with Crippen molar-refractivity contribution in [1.29, 1.82) is 0 Å². The fraction of sp³-hybridized carbons (Fsp3) is 0.667. The molecule has 0 bridgehead atoms. The first-order valence-electron chi connectivity index (χ1n) is 10.0. The number of ketones is 1. The van der Waals surface area contributed by atoms with Gasteiger partial charge in [0.2, 0.25) is 5.91 Å². The zero-order chi connectivity index (χ0) is 19.6. The molecule has 6 heteroatoms. The van der Waals surface area contributed by atoms with Gasteiger partial charge in [-0.3, -0.25) is 14.4 Å². The van der Waals surface area contributed by atoms with Gasteiger partial charge in [-0.2, -0.15) is 0 Å². The zero-order valence-electron chi connectivity index (χ0n) is 16.7. The maximum atomic E-state index is 12.8. The molecule has 148 valence electrons. The Labute approximate surface area is 161 Å². The van der Waals surface area contributed by atoms with Crippen LogP contribution in [0.1, 0.15) is 56.4 Å². The van der Waals surface area contributed by atoms with Crippen molar-refractivity contribution in [2.45, 2.75) is 46.0 Å². The van der Waals surface area contributed by atoms with E-state index in [-0.39, 0.29) is 11.3 Å². The third kappa shape index (κ3) is 4.25. The Bertz CT molecular complexity index is 724. The third-order valence-corrected chi connectivity index (χ3v) is 6.04. The molecule has 1 aromatic rings. The Hall–Kier alpha value is -2.11. The van der Waals surface area contributed by atoms with E-state index in [1.807, 2.05) is 4.90 Å². The summed E-state index contributed by atoms with van der Waals surface area (Å²) < 4.78 is 1.69. The molecular formula is C21H31N3O3. The first-order valence-corrected chi connectivity index (χ1v) is 10.0. The van der Waals surface area contributed by atoms with Crippen LogP contribution in [0.15, 0.2) is 18.3 Å². The van der Waals surface area contributed by atoms with Crippen LogP contribution in [0.4, 0.5) is 0 Å². The van der Waals surface area contributed by atoms with Gasteiger partial charge in [-0.15, -0.1) is 0 Å². The number of nitrogens with zero attached hydrogens (tertiary/aromatic N) is 3. The number of hydrogen-bond acceptors (Lipinski definition) is 3. The van der Waals surface area contributed by atoms with Gasteiger partial charge in [-0.05, 0) is 43.7 Å². The number of hydrogen-bond donors (Lipinski definition) is 0. The SMILES string of the molecule is CC(C)CCN1C[C@@]2(CCCN(C(=O)C(=O)c3cccn3C)C2)CCC1=O. The lowest BCUT2D eigenvalue weighted by atomic mass is 9.73. The molecule has 1 atom stereocenters. The molecule has 0 N–H and O–H groups in total. The standard InChI is InChI=1S/C21H31N3O3/c1-16(2)8-13-23-14-21(10-7-18(23)25)9-5-12-24(15-21)20(27)19(26)17-6-4-11-22(17)3/h4,6,11,16H,5,7-10,12-15H2,1-3H3/t21-/m1/s1. The molecule has 1 aromatic heterocycles. The van der Waals surface area contributed by atoms with E-state index in [9.17, 15) is 14.4 Å². The van der Waals surface area contributed by atoms with Crippen LogP contribution < -0.4 is 0 Å². The van der Waals surface area contributed by atoms with Gasteiger partial charge in [0.25, 0.3) is 11.7 Å². The largest absolute Gasteiger partial charge is 0.348 e. The molecule has 2 aliphatic heterocycles. The van der Waals surface area contributed by atoms with Crippen LogP contribution >= 0.6 is 0 Å². The molecule has 2 amide bonds. The highest BCUT2D eigenvalue weighted by molar-refractivity contribution is 6.42. The highest BCUT2D eigenvalue weighted by atomic mass is 16.2. The van der Waals surface area contributed by atoms with Gasteiger partial charge in [0.1, 0.15) is 0 Å². The molecule has 0 saturated carbocycles. The number of amides is 2. The summed E-state index contributed by atoms with van der Waals surface area (Å²) in [5.41, 5.74) is 0.366. The maximum Gasteiger partial charge on any atom is 0.296 e. The van der Waals surface area contributed by atoms with Crippen molar-refractivity contribution < 1.29 is 14.4 Å². The third-order valence-electron chi connectivity index (χ3n) is 6.04. The van der Waals surface area contributed by atoms with Crippen molar-refractivity contribution in [3.63, 3.8) is 0 Å². The summed E-state index contributed by atoms with van der Waals surface area (Å²) in [6.07, 6.45) is 6.03. The van der Waals surface area contributed by atoms with E-state index < -0.39 is 11.7 Å². The second-order valence-corrected chi connectivity index (χ2v) is 8.66. The van der Waals surface area contributed by atoms with Crippen LogP contribution in [0.2, 0.25) is 0 Å².